The summed E-state index contributed by atoms with van der Waals surface area (Å²) in [5.74, 6) is -0.769. The summed E-state index contributed by atoms with van der Waals surface area (Å²) >= 11 is 5.92. The Morgan fingerprint density at radius 2 is 2.00 bits per heavy atom. The van der Waals surface area contributed by atoms with Crippen LogP contribution >= 0.6 is 11.6 Å². The van der Waals surface area contributed by atoms with Crippen molar-refractivity contribution in [1.29, 1.82) is 0 Å². The van der Waals surface area contributed by atoms with Gasteiger partial charge in [0, 0.05) is 16.3 Å². The second-order valence-electron chi connectivity index (χ2n) is 4.57. The molecule has 114 valence electrons. The number of anilines is 1. The normalized spacial score (nSPS) is 10.1. The summed E-state index contributed by atoms with van der Waals surface area (Å²) in [5.41, 5.74) is 1.19. The molecule has 2 N–H and O–H groups in total. The highest BCUT2D eigenvalue weighted by molar-refractivity contribution is 6.30. The largest absolute Gasteiger partial charge is 0.496 e. The Labute approximate surface area is 132 Å². The molecule has 0 aromatic heterocycles. The van der Waals surface area contributed by atoms with Gasteiger partial charge in [-0.2, -0.15) is 0 Å². The van der Waals surface area contributed by atoms with E-state index in [1.165, 1.54) is 19.2 Å². The molecule has 0 radical (unpaired) electrons. The lowest BCUT2D eigenvalue weighted by molar-refractivity contribution is -0.115. The Morgan fingerprint density at radius 3 is 2.68 bits per heavy atom. The van der Waals surface area contributed by atoms with Crippen molar-refractivity contribution < 1.29 is 19.4 Å². The van der Waals surface area contributed by atoms with Crippen LogP contribution in [-0.2, 0) is 11.2 Å². The molecule has 0 aliphatic heterocycles. The van der Waals surface area contributed by atoms with Crippen molar-refractivity contribution in [2.24, 2.45) is 0 Å². The summed E-state index contributed by atoms with van der Waals surface area (Å²) in [6, 6.07) is 11.1. The van der Waals surface area contributed by atoms with Gasteiger partial charge < -0.3 is 15.2 Å². The van der Waals surface area contributed by atoms with Crippen molar-refractivity contribution in [2.75, 3.05) is 12.4 Å². The quantitative estimate of drug-likeness (QED) is 0.887. The van der Waals surface area contributed by atoms with Crippen LogP contribution in [0.2, 0.25) is 5.02 Å². The number of ether oxygens (including phenoxy) is 1. The molecule has 2 aromatic carbocycles. The lowest BCUT2D eigenvalue weighted by Crippen LogP contribution is -2.15. The van der Waals surface area contributed by atoms with Gasteiger partial charge in [0.1, 0.15) is 5.75 Å². The fraction of sp³-hybridized carbons (Fsp3) is 0.125. The van der Waals surface area contributed by atoms with Gasteiger partial charge in [0.15, 0.2) is 0 Å². The SMILES string of the molecule is COc1ccc(Cl)cc1CC(=O)Nc1cccc(C(=O)O)c1. The molecule has 0 heterocycles. The fourth-order valence-corrected chi connectivity index (χ4v) is 2.19. The maximum Gasteiger partial charge on any atom is 0.335 e. The summed E-state index contributed by atoms with van der Waals surface area (Å²) in [6.07, 6.45) is 0.0705. The van der Waals surface area contributed by atoms with Crippen molar-refractivity contribution >= 4 is 29.2 Å². The van der Waals surface area contributed by atoms with Gasteiger partial charge in [0.05, 0.1) is 19.1 Å². The standard InChI is InChI=1S/C16H14ClNO4/c1-22-14-6-5-12(17)7-11(14)9-15(19)18-13-4-2-3-10(8-13)16(20)21/h2-8H,9H2,1H3,(H,18,19)(H,20,21). The van der Waals surface area contributed by atoms with Gasteiger partial charge in [0.25, 0.3) is 0 Å². The highest BCUT2D eigenvalue weighted by atomic mass is 35.5. The molecule has 2 aromatic rings. The highest BCUT2D eigenvalue weighted by Crippen LogP contribution is 2.23. The Morgan fingerprint density at radius 1 is 1.23 bits per heavy atom. The summed E-state index contributed by atoms with van der Waals surface area (Å²) in [4.78, 5) is 23.0. The Bertz CT molecular complexity index is 715. The number of methoxy groups -OCH3 is 1. The number of hydrogen-bond acceptors (Lipinski definition) is 3. The van der Waals surface area contributed by atoms with Crippen molar-refractivity contribution in [3.05, 3.63) is 58.6 Å². The van der Waals surface area contributed by atoms with Crippen LogP contribution < -0.4 is 10.1 Å². The lowest BCUT2D eigenvalue weighted by atomic mass is 10.1. The van der Waals surface area contributed by atoms with Crippen LogP contribution in [0.25, 0.3) is 0 Å². The number of nitrogens with one attached hydrogen (secondary N) is 1. The molecule has 0 saturated heterocycles. The first-order valence-electron chi connectivity index (χ1n) is 6.45. The van der Waals surface area contributed by atoms with Crippen molar-refractivity contribution in [3.63, 3.8) is 0 Å². The molecule has 0 fully saturated rings. The summed E-state index contributed by atoms with van der Waals surface area (Å²) < 4.78 is 5.19. The minimum atomic E-state index is -1.05. The Hall–Kier alpha value is -2.53. The monoisotopic (exact) mass is 319 g/mol. The predicted molar refractivity (Wildman–Crippen MR) is 83.7 cm³/mol. The zero-order valence-corrected chi connectivity index (χ0v) is 12.6. The number of aromatic carboxylic acids is 1. The second-order valence-corrected chi connectivity index (χ2v) is 5.00. The van der Waals surface area contributed by atoms with Gasteiger partial charge in [-0.15, -0.1) is 0 Å². The maximum absolute atomic E-state index is 12.1. The zero-order chi connectivity index (χ0) is 16.1. The number of carboxylic acid groups (broad SMARTS) is 1. The van der Waals surface area contributed by atoms with Gasteiger partial charge in [-0.3, -0.25) is 4.79 Å². The Kier molecular flexibility index (Phi) is 5.01. The number of hydrogen-bond donors (Lipinski definition) is 2. The molecule has 0 aliphatic carbocycles. The second kappa shape index (κ2) is 6.95. The smallest absolute Gasteiger partial charge is 0.335 e. The van der Waals surface area contributed by atoms with E-state index in [-0.39, 0.29) is 17.9 Å². The van der Waals surface area contributed by atoms with Crippen molar-refractivity contribution in [3.8, 4) is 5.75 Å². The molecule has 1 amide bonds. The van der Waals surface area contributed by atoms with Gasteiger partial charge >= 0.3 is 5.97 Å². The van der Waals surface area contributed by atoms with E-state index in [0.717, 1.165) is 0 Å². The van der Waals surface area contributed by atoms with Crippen LogP contribution in [-0.4, -0.2) is 24.1 Å². The molecule has 22 heavy (non-hydrogen) atoms. The molecular weight excluding hydrogens is 306 g/mol. The first kappa shape index (κ1) is 15.9. The minimum absolute atomic E-state index is 0.0705. The van der Waals surface area contributed by atoms with Gasteiger partial charge in [-0.05, 0) is 36.4 Å². The van der Waals surface area contributed by atoms with E-state index in [9.17, 15) is 9.59 Å². The molecule has 0 aliphatic rings. The van der Waals surface area contributed by atoms with Crippen LogP contribution in [0.3, 0.4) is 0 Å². The highest BCUT2D eigenvalue weighted by Gasteiger charge is 2.11. The van der Waals surface area contributed by atoms with Crippen molar-refractivity contribution in [2.45, 2.75) is 6.42 Å². The Balaban J connectivity index is 2.12. The average molecular weight is 320 g/mol. The fourth-order valence-electron chi connectivity index (χ4n) is 1.99. The maximum atomic E-state index is 12.1. The number of halogens is 1. The number of benzene rings is 2. The topological polar surface area (TPSA) is 75.6 Å². The summed E-state index contributed by atoms with van der Waals surface area (Å²) in [6.45, 7) is 0. The third kappa shape index (κ3) is 3.99. The molecule has 2 rings (SSSR count). The third-order valence-electron chi connectivity index (χ3n) is 2.99. The average Bonchev–Trinajstić information content (AvgIpc) is 2.47. The molecule has 0 bridgehead atoms. The number of rotatable bonds is 5. The van der Waals surface area contributed by atoms with E-state index in [1.807, 2.05) is 0 Å². The number of carboxylic acids is 1. The molecule has 0 spiro atoms. The predicted octanol–water partition coefficient (Wildman–Crippen LogP) is 3.23. The van der Waals surface area contributed by atoms with E-state index < -0.39 is 5.97 Å². The molecule has 0 saturated carbocycles. The number of amides is 1. The summed E-state index contributed by atoms with van der Waals surface area (Å²) in [7, 11) is 1.51. The van der Waals surface area contributed by atoms with Crippen LogP contribution in [0.15, 0.2) is 42.5 Å². The lowest BCUT2D eigenvalue weighted by Gasteiger charge is -2.10. The van der Waals surface area contributed by atoms with Crippen LogP contribution in [0.4, 0.5) is 5.69 Å². The van der Waals surface area contributed by atoms with Gasteiger partial charge in [-0.25, -0.2) is 4.79 Å². The molecule has 5 nitrogen and oxygen atoms in total. The molecule has 0 atom stereocenters. The van der Waals surface area contributed by atoms with E-state index in [2.05, 4.69) is 5.32 Å². The van der Waals surface area contributed by atoms with Crippen LogP contribution in [0.1, 0.15) is 15.9 Å². The van der Waals surface area contributed by atoms with Gasteiger partial charge in [0.2, 0.25) is 5.91 Å². The van der Waals surface area contributed by atoms with Crippen LogP contribution in [0.5, 0.6) is 5.75 Å². The summed E-state index contributed by atoms with van der Waals surface area (Å²) in [5, 5.41) is 12.1. The number of carbonyl (C=O) groups excluding carboxylic acids is 1. The molecular formula is C16H14ClNO4. The zero-order valence-electron chi connectivity index (χ0n) is 11.8. The number of carbonyl (C=O) groups is 2. The van der Waals surface area contributed by atoms with E-state index in [1.54, 1.807) is 30.3 Å². The van der Waals surface area contributed by atoms with E-state index >= 15 is 0 Å². The first-order chi connectivity index (χ1) is 10.5. The molecule has 6 heteroatoms. The third-order valence-corrected chi connectivity index (χ3v) is 3.22. The van der Waals surface area contributed by atoms with E-state index in [0.29, 0.717) is 22.0 Å². The van der Waals surface area contributed by atoms with Crippen molar-refractivity contribution in [1.82, 2.24) is 0 Å². The molecule has 0 unspecified atom stereocenters. The minimum Gasteiger partial charge on any atom is -0.496 e. The van der Waals surface area contributed by atoms with E-state index in [4.69, 9.17) is 21.4 Å². The van der Waals surface area contributed by atoms with Crippen LogP contribution in [0, 0.1) is 0 Å². The first-order valence-corrected chi connectivity index (χ1v) is 6.83. The van der Waals surface area contributed by atoms with Gasteiger partial charge in [-0.1, -0.05) is 17.7 Å².